The third-order valence-corrected chi connectivity index (χ3v) is 5.31. The fourth-order valence-electron chi connectivity index (χ4n) is 2.73. The van der Waals surface area contributed by atoms with Crippen LogP contribution in [0.2, 0.25) is 0 Å². The lowest BCUT2D eigenvalue weighted by Crippen LogP contribution is -2.25. The van der Waals surface area contributed by atoms with E-state index in [1.54, 1.807) is 0 Å². The minimum atomic E-state index is 0.472. The van der Waals surface area contributed by atoms with E-state index in [2.05, 4.69) is 24.0 Å². The first-order chi connectivity index (χ1) is 7.86. The quantitative estimate of drug-likeness (QED) is 0.725. The van der Waals surface area contributed by atoms with Crippen molar-refractivity contribution in [1.82, 2.24) is 5.32 Å². The monoisotopic (exact) mass is 243 g/mol. The third-order valence-electron chi connectivity index (χ3n) is 3.83. The van der Waals surface area contributed by atoms with Crippen LogP contribution in [0.3, 0.4) is 0 Å². The lowest BCUT2D eigenvalue weighted by Gasteiger charge is -2.14. The van der Waals surface area contributed by atoms with Gasteiger partial charge in [-0.3, -0.25) is 0 Å². The molecule has 16 heavy (non-hydrogen) atoms. The highest BCUT2D eigenvalue weighted by Gasteiger charge is 2.23. The van der Waals surface area contributed by atoms with Gasteiger partial charge in [-0.25, -0.2) is 0 Å². The first-order valence-electron chi connectivity index (χ1n) is 6.80. The molecule has 3 heteroatoms. The van der Waals surface area contributed by atoms with Crippen LogP contribution in [-0.4, -0.2) is 36.8 Å². The van der Waals surface area contributed by atoms with E-state index >= 15 is 0 Å². The highest BCUT2D eigenvalue weighted by molar-refractivity contribution is 8.00. The molecule has 0 bridgehead atoms. The number of hydrogen-bond acceptors (Lipinski definition) is 3. The molecule has 2 aliphatic rings. The maximum absolute atomic E-state index is 5.56. The standard InChI is InChI=1S/C13H25NOS/c1-11-13(6-8-15-11)16-9-7-14-10-12-4-2-3-5-12/h11-14H,2-10H2,1H3. The molecule has 0 spiro atoms. The summed E-state index contributed by atoms with van der Waals surface area (Å²) in [5.41, 5.74) is 0. The van der Waals surface area contributed by atoms with Crippen LogP contribution in [-0.2, 0) is 4.74 Å². The Balaban J connectivity index is 1.45. The van der Waals surface area contributed by atoms with Crippen molar-refractivity contribution < 1.29 is 4.74 Å². The number of thioether (sulfide) groups is 1. The SMILES string of the molecule is CC1OCCC1SCCNCC1CCCC1. The highest BCUT2D eigenvalue weighted by Crippen LogP contribution is 2.26. The Labute approximate surface area is 104 Å². The van der Waals surface area contributed by atoms with Gasteiger partial charge in [0.1, 0.15) is 0 Å². The maximum Gasteiger partial charge on any atom is 0.0666 e. The van der Waals surface area contributed by atoms with E-state index in [4.69, 9.17) is 4.74 Å². The molecule has 2 unspecified atom stereocenters. The van der Waals surface area contributed by atoms with Gasteiger partial charge in [0.15, 0.2) is 0 Å². The van der Waals surface area contributed by atoms with E-state index in [1.165, 1.54) is 50.9 Å². The Bertz CT molecular complexity index is 194. The molecule has 1 aliphatic carbocycles. The number of rotatable bonds is 6. The summed E-state index contributed by atoms with van der Waals surface area (Å²) in [5.74, 6) is 2.21. The van der Waals surface area contributed by atoms with Gasteiger partial charge in [0.05, 0.1) is 6.10 Å². The second-order valence-electron chi connectivity index (χ2n) is 5.13. The zero-order chi connectivity index (χ0) is 11.2. The van der Waals surface area contributed by atoms with Gasteiger partial charge in [-0.2, -0.15) is 11.8 Å². The molecule has 1 saturated heterocycles. The second kappa shape index (κ2) is 6.87. The highest BCUT2D eigenvalue weighted by atomic mass is 32.2. The average Bonchev–Trinajstić information content (AvgIpc) is 2.90. The molecule has 94 valence electrons. The van der Waals surface area contributed by atoms with E-state index in [0.29, 0.717) is 6.10 Å². The fourth-order valence-corrected chi connectivity index (χ4v) is 3.91. The van der Waals surface area contributed by atoms with Crippen LogP contribution >= 0.6 is 11.8 Å². The molecule has 1 saturated carbocycles. The van der Waals surface area contributed by atoms with Gasteiger partial charge in [-0.15, -0.1) is 0 Å². The van der Waals surface area contributed by atoms with Crippen molar-refractivity contribution in [3.63, 3.8) is 0 Å². The molecule has 0 aromatic carbocycles. The molecule has 0 aromatic rings. The zero-order valence-corrected chi connectivity index (χ0v) is 11.2. The molecule has 1 aliphatic heterocycles. The summed E-state index contributed by atoms with van der Waals surface area (Å²) in [6.45, 7) is 5.59. The Morgan fingerprint density at radius 3 is 2.75 bits per heavy atom. The molecule has 2 nitrogen and oxygen atoms in total. The first-order valence-corrected chi connectivity index (χ1v) is 7.85. The molecule has 1 N–H and O–H groups in total. The number of nitrogens with one attached hydrogen (secondary N) is 1. The van der Waals surface area contributed by atoms with Gasteiger partial charge in [0, 0.05) is 24.2 Å². The number of ether oxygens (including phenoxy) is 1. The molecule has 2 fully saturated rings. The Morgan fingerprint density at radius 1 is 1.25 bits per heavy atom. The lowest BCUT2D eigenvalue weighted by molar-refractivity contribution is 0.127. The first kappa shape index (κ1) is 12.7. The van der Waals surface area contributed by atoms with Gasteiger partial charge in [0.2, 0.25) is 0 Å². The predicted molar refractivity (Wildman–Crippen MR) is 71.1 cm³/mol. The van der Waals surface area contributed by atoms with Crippen LogP contribution in [0.4, 0.5) is 0 Å². The van der Waals surface area contributed by atoms with E-state index in [0.717, 1.165) is 17.8 Å². The molecule has 0 amide bonds. The van der Waals surface area contributed by atoms with Gasteiger partial charge < -0.3 is 10.1 Å². The van der Waals surface area contributed by atoms with Gasteiger partial charge in [-0.1, -0.05) is 12.8 Å². The third kappa shape index (κ3) is 3.94. The molecule has 1 heterocycles. The van der Waals surface area contributed by atoms with Crippen molar-refractivity contribution >= 4 is 11.8 Å². The van der Waals surface area contributed by atoms with Crippen molar-refractivity contribution in [3.05, 3.63) is 0 Å². The molecular weight excluding hydrogens is 218 g/mol. The normalized spacial score (nSPS) is 31.3. The van der Waals surface area contributed by atoms with Crippen LogP contribution in [0.15, 0.2) is 0 Å². The summed E-state index contributed by atoms with van der Waals surface area (Å²) in [6, 6.07) is 0. The van der Waals surface area contributed by atoms with Crippen molar-refractivity contribution in [1.29, 1.82) is 0 Å². The predicted octanol–water partition coefficient (Wildman–Crippen LogP) is 2.68. The van der Waals surface area contributed by atoms with Crippen LogP contribution in [0, 0.1) is 5.92 Å². The average molecular weight is 243 g/mol. The van der Waals surface area contributed by atoms with Gasteiger partial charge >= 0.3 is 0 Å². The molecule has 2 rings (SSSR count). The van der Waals surface area contributed by atoms with E-state index in [1.807, 2.05) is 0 Å². The fraction of sp³-hybridized carbons (Fsp3) is 1.00. The largest absolute Gasteiger partial charge is 0.377 e. The summed E-state index contributed by atoms with van der Waals surface area (Å²) in [6.07, 6.45) is 7.53. The number of hydrogen-bond donors (Lipinski definition) is 1. The van der Waals surface area contributed by atoms with E-state index < -0.39 is 0 Å². The molecule has 0 aromatic heterocycles. The topological polar surface area (TPSA) is 21.3 Å². The lowest BCUT2D eigenvalue weighted by atomic mass is 10.1. The Morgan fingerprint density at radius 2 is 2.06 bits per heavy atom. The summed E-state index contributed by atoms with van der Waals surface area (Å²) in [4.78, 5) is 0. The molecular formula is C13H25NOS. The minimum Gasteiger partial charge on any atom is -0.377 e. The summed E-state index contributed by atoms with van der Waals surface area (Å²) in [7, 11) is 0. The van der Waals surface area contributed by atoms with Crippen molar-refractivity contribution in [2.45, 2.75) is 50.4 Å². The van der Waals surface area contributed by atoms with Gasteiger partial charge in [-0.05, 0) is 38.6 Å². The van der Waals surface area contributed by atoms with Crippen LogP contribution < -0.4 is 5.32 Å². The Kier molecular flexibility index (Phi) is 5.46. The second-order valence-corrected chi connectivity index (χ2v) is 6.48. The molecule has 2 atom stereocenters. The van der Waals surface area contributed by atoms with Crippen molar-refractivity contribution in [2.24, 2.45) is 5.92 Å². The zero-order valence-electron chi connectivity index (χ0n) is 10.4. The van der Waals surface area contributed by atoms with Crippen LogP contribution in [0.1, 0.15) is 39.0 Å². The molecule has 0 radical (unpaired) electrons. The summed E-state index contributed by atoms with van der Waals surface area (Å²) in [5, 5.41) is 4.35. The van der Waals surface area contributed by atoms with E-state index in [-0.39, 0.29) is 0 Å². The van der Waals surface area contributed by atoms with Crippen LogP contribution in [0.25, 0.3) is 0 Å². The maximum atomic E-state index is 5.56. The minimum absolute atomic E-state index is 0.472. The van der Waals surface area contributed by atoms with Crippen molar-refractivity contribution in [3.8, 4) is 0 Å². The van der Waals surface area contributed by atoms with Crippen LogP contribution in [0.5, 0.6) is 0 Å². The van der Waals surface area contributed by atoms with Gasteiger partial charge in [0.25, 0.3) is 0 Å². The summed E-state index contributed by atoms with van der Waals surface area (Å²) < 4.78 is 5.56. The van der Waals surface area contributed by atoms with Crippen molar-refractivity contribution in [2.75, 3.05) is 25.4 Å². The smallest absolute Gasteiger partial charge is 0.0666 e. The van der Waals surface area contributed by atoms with E-state index in [9.17, 15) is 0 Å². The summed E-state index contributed by atoms with van der Waals surface area (Å²) >= 11 is 2.09. The Hall–Kier alpha value is 0.270.